The molecule has 64 heavy (non-hydrogen) atoms. The van der Waals surface area contributed by atoms with Crippen molar-refractivity contribution in [3.05, 3.63) is 220 Å². The minimum Gasteiger partial charge on any atom is -0.488 e. The molecule has 0 bridgehead atoms. The van der Waals surface area contributed by atoms with E-state index in [2.05, 4.69) is 211 Å². The van der Waals surface area contributed by atoms with Gasteiger partial charge in [-0.05, 0) is 121 Å². The summed E-state index contributed by atoms with van der Waals surface area (Å²) in [7, 11) is -0.928. The summed E-state index contributed by atoms with van der Waals surface area (Å²) in [5.74, 6) is 1.66. The van der Waals surface area contributed by atoms with Crippen LogP contribution in [0.3, 0.4) is 0 Å². The number of aliphatic hydroxyl groups is 1. The quantitative estimate of drug-likeness (QED) is 0.138. The number of hydrogen-bond acceptors (Lipinski definition) is 3. The van der Waals surface area contributed by atoms with Crippen molar-refractivity contribution in [2.24, 2.45) is 0 Å². The maximum atomic E-state index is 12.6. The summed E-state index contributed by atoms with van der Waals surface area (Å²) in [6, 6.07) is 61.4. The van der Waals surface area contributed by atoms with Gasteiger partial charge in [-0.25, -0.2) is 0 Å². The van der Waals surface area contributed by atoms with Crippen LogP contribution in [0.15, 0.2) is 176 Å². The van der Waals surface area contributed by atoms with Crippen LogP contribution in [-0.2, 0) is 12.8 Å². The van der Waals surface area contributed by atoms with E-state index < -0.39 is 7.92 Å². The molecule has 0 fully saturated rings. The Morgan fingerprint density at radius 1 is 0.594 bits per heavy atom. The predicted molar refractivity (Wildman–Crippen MR) is 292 cm³/mol. The van der Waals surface area contributed by atoms with E-state index in [1.54, 1.807) is 0 Å². The van der Waals surface area contributed by atoms with Gasteiger partial charge in [0.1, 0.15) is 12.1 Å². The van der Waals surface area contributed by atoms with E-state index >= 15 is 0 Å². The highest BCUT2D eigenvalue weighted by molar-refractivity contribution is 15.0. The number of fused-ring (bicyclic) bond motifs is 3. The summed E-state index contributed by atoms with van der Waals surface area (Å²) in [6.45, 7) is 11.3. The van der Waals surface area contributed by atoms with Crippen LogP contribution in [0.1, 0.15) is 101 Å². The molecule has 7 aromatic rings. The van der Waals surface area contributed by atoms with Crippen molar-refractivity contribution in [3.8, 4) is 5.75 Å². The number of hydrogen-bond donors (Lipinski definition) is 1. The van der Waals surface area contributed by atoms with Crippen LogP contribution >= 0.6 is 53.1 Å². The first-order valence-electron chi connectivity index (χ1n) is 22.2. The number of benzene rings is 7. The minimum absolute atomic E-state index is 0.0427. The highest BCUT2D eigenvalue weighted by atomic mass is 128. The summed E-state index contributed by atoms with van der Waals surface area (Å²) in [4.78, 5) is 12.6. The van der Waals surface area contributed by atoms with Gasteiger partial charge in [0.15, 0.2) is 5.78 Å². The third kappa shape index (κ3) is 11.1. The van der Waals surface area contributed by atoms with Crippen molar-refractivity contribution in [3.63, 3.8) is 0 Å². The fraction of sp³-hybridized carbons (Fsp3) is 0.246. The number of carbonyl (C=O) groups is 1. The number of carbonyl (C=O) groups excluding carboxylic acids is 1. The van der Waals surface area contributed by atoms with Crippen LogP contribution in [0.2, 0.25) is 0 Å². The molecule has 328 valence electrons. The average molecular weight is 1110 g/mol. The van der Waals surface area contributed by atoms with E-state index in [0.29, 0.717) is 0 Å². The van der Waals surface area contributed by atoms with E-state index in [9.17, 15) is 9.90 Å². The molecule has 0 spiro atoms. The van der Waals surface area contributed by atoms with E-state index in [-0.39, 0.29) is 36.8 Å². The summed E-state index contributed by atoms with van der Waals surface area (Å²) in [5.41, 5.74) is 9.50. The second-order valence-corrected chi connectivity index (χ2v) is 22.7. The van der Waals surface area contributed by atoms with Gasteiger partial charge >= 0.3 is 0 Å². The highest BCUT2D eigenvalue weighted by Crippen LogP contribution is 2.55. The Kier molecular flexibility index (Phi) is 17.1. The van der Waals surface area contributed by atoms with Crippen LogP contribution in [0.25, 0.3) is 0 Å². The number of halogens is 2. The molecule has 0 radical (unpaired) electrons. The topological polar surface area (TPSA) is 46.5 Å². The van der Waals surface area contributed by atoms with Gasteiger partial charge in [0.25, 0.3) is 0 Å². The monoisotopic (exact) mass is 1110 g/mol. The third-order valence-corrected chi connectivity index (χ3v) is 18.3. The second kappa shape index (κ2) is 22.7. The fourth-order valence-electron chi connectivity index (χ4n) is 9.32. The summed E-state index contributed by atoms with van der Waals surface area (Å²) < 4.78 is 6.14. The molecule has 0 aromatic heterocycles. The molecule has 0 amide bonds. The molecular weight excluding hydrogens is 1050 g/mol. The first-order valence-corrected chi connectivity index (χ1v) is 31.3. The zero-order valence-corrected chi connectivity index (χ0v) is 43.5. The van der Waals surface area contributed by atoms with Crippen molar-refractivity contribution >= 4 is 80.1 Å². The van der Waals surface area contributed by atoms with Crippen LogP contribution in [0.4, 0.5) is 0 Å². The molecule has 0 saturated heterocycles. The Bertz CT molecular complexity index is 2590. The Morgan fingerprint density at radius 2 is 1.11 bits per heavy atom. The summed E-state index contributed by atoms with van der Waals surface area (Å²) in [5, 5.41) is 16.6. The van der Waals surface area contributed by atoms with Crippen molar-refractivity contribution in [2.45, 2.75) is 83.4 Å². The van der Waals surface area contributed by atoms with Crippen LogP contribution in [0.5, 0.6) is 5.75 Å². The van der Waals surface area contributed by atoms with Crippen molar-refractivity contribution in [1.29, 1.82) is 0 Å². The maximum absolute atomic E-state index is 12.6. The number of aliphatic hydroxyl groups excluding tert-OH is 1. The van der Waals surface area contributed by atoms with Crippen molar-refractivity contribution < 1.29 is 14.6 Å². The van der Waals surface area contributed by atoms with Crippen molar-refractivity contribution in [2.75, 3.05) is 6.35 Å². The normalized spacial score (nSPS) is 18.3. The molecule has 2 aliphatic carbocycles. The fourth-order valence-corrected chi connectivity index (χ4v) is 14.6. The molecule has 1 heterocycles. The van der Waals surface area contributed by atoms with Gasteiger partial charge in [0.2, 0.25) is 0 Å². The first kappa shape index (κ1) is 48.2. The molecule has 4 atom stereocenters. The van der Waals surface area contributed by atoms with Gasteiger partial charge in [-0.3, -0.25) is 4.79 Å². The number of rotatable bonds is 5. The van der Waals surface area contributed by atoms with Crippen LogP contribution < -0.4 is 26.0 Å². The Balaban J connectivity index is 0.000000144. The second-order valence-electron chi connectivity index (χ2n) is 17.6. The zero-order chi connectivity index (χ0) is 45.2. The Morgan fingerprint density at radius 3 is 1.72 bits per heavy atom. The number of Topliss-reactive ketones (excluding diaryl/α,β-unsaturated/α-hetero) is 1. The average Bonchev–Trinajstić information content (AvgIpc) is 3.79. The van der Waals surface area contributed by atoms with Gasteiger partial charge in [-0.2, -0.15) is 0 Å². The molecule has 3 aliphatic rings. The number of ether oxygens (including phenoxy) is 1. The molecule has 1 aliphatic heterocycles. The van der Waals surface area contributed by atoms with Gasteiger partial charge in [-0.15, -0.1) is 0 Å². The van der Waals surface area contributed by atoms with Crippen LogP contribution in [-0.4, -0.2) is 22.4 Å². The Labute approximate surface area is 407 Å². The van der Waals surface area contributed by atoms with Gasteiger partial charge in [0, 0.05) is 59.9 Å². The van der Waals surface area contributed by atoms with E-state index in [4.69, 9.17) is 4.74 Å². The number of aryl methyl sites for hydroxylation is 4. The summed E-state index contributed by atoms with van der Waals surface area (Å²) in [6.07, 6.45) is 4.51. The van der Waals surface area contributed by atoms with Crippen LogP contribution in [0, 0.1) is 13.8 Å². The predicted octanol–water partition coefficient (Wildman–Crippen LogP) is 14.1. The molecule has 7 heteroatoms. The molecule has 10 rings (SSSR count). The Hall–Kier alpha value is -3.71. The maximum Gasteiger partial charge on any atom is 0.170 e. The molecule has 1 unspecified atom stereocenters. The first-order chi connectivity index (χ1) is 31.1. The van der Waals surface area contributed by atoms with Crippen molar-refractivity contribution in [1.82, 2.24) is 0 Å². The lowest BCUT2D eigenvalue weighted by molar-refractivity contribution is 0.0945. The lowest BCUT2D eigenvalue weighted by Crippen LogP contribution is -2.32. The third-order valence-electron chi connectivity index (χ3n) is 12.6. The zero-order valence-electron chi connectivity index (χ0n) is 37.4. The molecule has 3 nitrogen and oxygen atoms in total. The molecule has 7 aromatic carbocycles. The summed E-state index contributed by atoms with van der Waals surface area (Å²) >= 11 is 4.24. The lowest BCUT2D eigenvalue weighted by atomic mass is 9.77. The van der Waals surface area contributed by atoms with Gasteiger partial charge < -0.3 is 9.84 Å². The minimum atomic E-state index is -0.586. The lowest BCUT2D eigenvalue weighted by Gasteiger charge is -2.31. The smallest absolute Gasteiger partial charge is 0.170 e. The number of ketones is 1. The highest BCUT2D eigenvalue weighted by Gasteiger charge is 2.37. The van der Waals surface area contributed by atoms with E-state index in [0.717, 1.165) is 48.9 Å². The van der Waals surface area contributed by atoms with E-state index in [1.807, 2.05) is 36.4 Å². The van der Waals surface area contributed by atoms with Gasteiger partial charge in [-0.1, -0.05) is 191 Å². The van der Waals surface area contributed by atoms with Gasteiger partial charge in [0.05, 0.1) is 6.10 Å². The standard InChI is InChI=1S/C23H24OP2.C17H18O.C17H16O.I2/c1-23(2,3)25-17-24-20-15-10-16-21(22(20)25)26(18-11-6-4-7-12-18)19-13-8-5-9-14-19;2*1-12-6-2-4-8-14(12)16-11-10-13-7-3-5-9-15(13)17(16)18;1-2/h4-16H,17H2,1-3H3;2-9,16-18H,10-11H2,1H3;2-9,16H,10-11H2,1H3;/t25-;16-,17-;;/m10../s1. The van der Waals surface area contributed by atoms with E-state index in [1.165, 1.54) is 54.6 Å². The SMILES string of the molecule is CC(C)(C)[P@]1COc2cccc(P(c3ccccc3)c3ccccc3)c21.Cc1ccccc1C1CCc2ccccc2C1=O.Cc1ccccc1[C@@H]1CCc2ccccc2[C@@H]1O.II. The molecular formula is C57H58I2O3P2. The molecule has 0 saturated carbocycles. The largest absolute Gasteiger partial charge is 0.488 e. The molecule has 1 N–H and O–H groups in total.